The number of aromatic nitrogens is 3. The van der Waals surface area contributed by atoms with Crippen LogP contribution >= 0.6 is 0 Å². The molecular formula is C17H18N4. The maximum atomic E-state index is 4.41. The van der Waals surface area contributed by atoms with Crippen molar-refractivity contribution in [1.82, 2.24) is 14.8 Å². The molecule has 21 heavy (non-hydrogen) atoms. The molecule has 106 valence electrons. The Morgan fingerprint density at radius 2 is 1.90 bits per heavy atom. The van der Waals surface area contributed by atoms with E-state index in [1.165, 1.54) is 5.56 Å². The van der Waals surface area contributed by atoms with Crippen LogP contribution in [0.3, 0.4) is 0 Å². The van der Waals surface area contributed by atoms with Crippen LogP contribution in [0.2, 0.25) is 0 Å². The van der Waals surface area contributed by atoms with Crippen LogP contribution in [0.25, 0.3) is 5.82 Å². The molecule has 1 unspecified atom stereocenters. The third-order valence-corrected chi connectivity index (χ3v) is 3.48. The van der Waals surface area contributed by atoms with Crippen LogP contribution in [0, 0.1) is 0 Å². The zero-order valence-electron chi connectivity index (χ0n) is 12.0. The van der Waals surface area contributed by atoms with Gasteiger partial charge >= 0.3 is 0 Å². The third kappa shape index (κ3) is 3.11. The molecule has 0 fully saturated rings. The van der Waals surface area contributed by atoms with Gasteiger partial charge in [0.2, 0.25) is 0 Å². The molecule has 0 radical (unpaired) electrons. The number of anilines is 1. The normalized spacial score (nSPS) is 12.0. The minimum atomic E-state index is 0.428. The highest BCUT2D eigenvalue weighted by Gasteiger charge is 2.08. The molecule has 0 bridgehead atoms. The summed E-state index contributed by atoms with van der Waals surface area (Å²) >= 11 is 0. The third-order valence-electron chi connectivity index (χ3n) is 3.48. The Balaban J connectivity index is 1.74. The standard InChI is InChI=1S/C17H18N4/c1-14(15-7-3-2-4-8-15)13-19-16-9-5-10-18-17(16)21-12-6-11-20-21/h2-12,14,19H,13H2,1H3. The highest BCUT2D eigenvalue weighted by molar-refractivity contribution is 5.56. The molecule has 0 amide bonds. The smallest absolute Gasteiger partial charge is 0.176 e. The monoisotopic (exact) mass is 278 g/mol. The van der Waals surface area contributed by atoms with E-state index in [4.69, 9.17) is 0 Å². The predicted octanol–water partition coefficient (Wildman–Crippen LogP) is 3.48. The second kappa shape index (κ2) is 6.22. The Labute approximate surface area is 124 Å². The number of benzene rings is 1. The fraction of sp³-hybridized carbons (Fsp3) is 0.176. The van der Waals surface area contributed by atoms with Crippen LogP contribution in [0.5, 0.6) is 0 Å². The lowest BCUT2D eigenvalue weighted by atomic mass is 10.0. The van der Waals surface area contributed by atoms with Crippen molar-refractivity contribution in [3.05, 3.63) is 72.7 Å². The quantitative estimate of drug-likeness (QED) is 0.777. The first kappa shape index (κ1) is 13.4. The fourth-order valence-electron chi connectivity index (χ4n) is 2.27. The summed E-state index contributed by atoms with van der Waals surface area (Å²) in [5.74, 6) is 1.25. The van der Waals surface area contributed by atoms with Crippen molar-refractivity contribution in [2.45, 2.75) is 12.8 Å². The van der Waals surface area contributed by atoms with Crippen molar-refractivity contribution >= 4 is 5.69 Å². The topological polar surface area (TPSA) is 42.7 Å². The van der Waals surface area contributed by atoms with E-state index in [0.717, 1.165) is 18.1 Å². The van der Waals surface area contributed by atoms with E-state index in [1.54, 1.807) is 17.1 Å². The van der Waals surface area contributed by atoms with E-state index in [2.05, 4.69) is 46.6 Å². The van der Waals surface area contributed by atoms with Crippen LogP contribution in [-0.2, 0) is 0 Å². The van der Waals surface area contributed by atoms with Gasteiger partial charge in [0.1, 0.15) is 0 Å². The number of pyridine rings is 1. The maximum absolute atomic E-state index is 4.41. The molecule has 0 saturated heterocycles. The van der Waals surface area contributed by atoms with Gasteiger partial charge in [0.15, 0.2) is 5.82 Å². The second-order valence-corrected chi connectivity index (χ2v) is 5.02. The van der Waals surface area contributed by atoms with Gasteiger partial charge in [0.25, 0.3) is 0 Å². The number of hydrogen-bond donors (Lipinski definition) is 1. The van der Waals surface area contributed by atoms with E-state index in [0.29, 0.717) is 5.92 Å². The minimum Gasteiger partial charge on any atom is -0.381 e. The summed E-state index contributed by atoms with van der Waals surface area (Å²) in [4.78, 5) is 4.41. The van der Waals surface area contributed by atoms with E-state index >= 15 is 0 Å². The van der Waals surface area contributed by atoms with Crippen LogP contribution in [0.1, 0.15) is 18.4 Å². The van der Waals surface area contributed by atoms with Gasteiger partial charge in [-0.2, -0.15) is 5.10 Å². The van der Waals surface area contributed by atoms with E-state index in [-0.39, 0.29) is 0 Å². The molecular weight excluding hydrogens is 260 g/mol. The molecule has 0 spiro atoms. The summed E-state index contributed by atoms with van der Waals surface area (Å²) in [6.45, 7) is 3.07. The van der Waals surface area contributed by atoms with Crippen molar-refractivity contribution in [1.29, 1.82) is 0 Å². The molecule has 4 nitrogen and oxygen atoms in total. The molecule has 1 N–H and O–H groups in total. The number of nitrogens with one attached hydrogen (secondary N) is 1. The fourth-order valence-corrected chi connectivity index (χ4v) is 2.27. The first-order valence-electron chi connectivity index (χ1n) is 7.08. The highest BCUT2D eigenvalue weighted by atomic mass is 15.3. The molecule has 4 heteroatoms. The van der Waals surface area contributed by atoms with Gasteiger partial charge in [-0.25, -0.2) is 9.67 Å². The molecule has 1 atom stereocenters. The molecule has 1 aromatic carbocycles. The first-order valence-corrected chi connectivity index (χ1v) is 7.08. The van der Waals surface area contributed by atoms with E-state index in [1.807, 2.05) is 30.5 Å². The van der Waals surface area contributed by atoms with Crippen molar-refractivity contribution in [2.24, 2.45) is 0 Å². The number of hydrogen-bond acceptors (Lipinski definition) is 3. The Bertz CT molecular complexity index is 677. The van der Waals surface area contributed by atoms with Crippen LogP contribution in [0.4, 0.5) is 5.69 Å². The molecule has 2 heterocycles. The van der Waals surface area contributed by atoms with Crippen molar-refractivity contribution < 1.29 is 0 Å². The summed E-state index contributed by atoms with van der Waals surface area (Å²) in [7, 11) is 0. The second-order valence-electron chi connectivity index (χ2n) is 5.02. The van der Waals surface area contributed by atoms with Gasteiger partial charge in [-0.1, -0.05) is 37.3 Å². The Morgan fingerprint density at radius 1 is 1.05 bits per heavy atom. The summed E-state index contributed by atoms with van der Waals surface area (Å²) in [6, 6.07) is 16.4. The zero-order chi connectivity index (χ0) is 14.5. The van der Waals surface area contributed by atoms with Crippen LogP contribution in [-0.4, -0.2) is 21.3 Å². The first-order chi connectivity index (χ1) is 10.3. The van der Waals surface area contributed by atoms with Gasteiger partial charge in [0, 0.05) is 25.1 Å². The zero-order valence-corrected chi connectivity index (χ0v) is 12.0. The maximum Gasteiger partial charge on any atom is 0.176 e. The average molecular weight is 278 g/mol. The highest BCUT2D eigenvalue weighted by Crippen LogP contribution is 2.19. The molecule has 0 saturated carbocycles. The Morgan fingerprint density at radius 3 is 2.67 bits per heavy atom. The summed E-state index contributed by atoms with van der Waals surface area (Å²) in [5.41, 5.74) is 2.32. The molecule has 0 aliphatic rings. The number of rotatable bonds is 5. The lowest BCUT2D eigenvalue weighted by Gasteiger charge is -2.15. The molecule has 0 aliphatic heterocycles. The largest absolute Gasteiger partial charge is 0.381 e. The van der Waals surface area contributed by atoms with E-state index < -0.39 is 0 Å². The van der Waals surface area contributed by atoms with Crippen molar-refractivity contribution in [2.75, 3.05) is 11.9 Å². The van der Waals surface area contributed by atoms with Crippen LogP contribution in [0.15, 0.2) is 67.1 Å². The molecule has 3 aromatic rings. The molecule has 3 rings (SSSR count). The van der Waals surface area contributed by atoms with E-state index in [9.17, 15) is 0 Å². The Kier molecular flexibility index (Phi) is 3.96. The summed E-state index contributed by atoms with van der Waals surface area (Å²) in [5, 5.41) is 7.72. The molecule has 2 aromatic heterocycles. The SMILES string of the molecule is CC(CNc1cccnc1-n1cccn1)c1ccccc1. The van der Waals surface area contributed by atoms with Gasteiger partial charge in [-0.05, 0) is 29.7 Å². The molecule has 0 aliphatic carbocycles. The predicted molar refractivity (Wildman–Crippen MR) is 84.7 cm³/mol. The van der Waals surface area contributed by atoms with Crippen molar-refractivity contribution in [3.8, 4) is 5.82 Å². The number of nitrogens with zero attached hydrogens (tertiary/aromatic N) is 3. The van der Waals surface area contributed by atoms with Gasteiger partial charge in [-0.3, -0.25) is 0 Å². The lowest BCUT2D eigenvalue weighted by Crippen LogP contribution is -2.12. The van der Waals surface area contributed by atoms with Gasteiger partial charge in [0.05, 0.1) is 5.69 Å². The van der Waals surface area contributed by atoms with Gasteiger partial charge < -0.3 is 5.32 Å². The average Bonchev–Trinajstić information content (AvgIpc) is 3.08. The summed E-state index contributed by atoms with van der Waals surface area (Å²) in [6.07, 6.45) is 5.43. The Hall–Kier alpha value is -2.62. The van der Waals surface area contributed by atoms with Crippen LogP contribution < -0.4 is 5.32 Å². The lowest BCUT2D eigenvalue weighted by molar-refractivity contribution is 0.796. The van der Waals surface area contributed by atoms with Gasteiger partial charge in [-0.15, -0.1) is 0 Å². The van der Waals surface area contributed by atoms with Crippen molar-refractivity contribution in [3.63, 3.8) is 0 Å². The summed E-state index contributed by atoms with van der Waals surface area (Å²) < 4.78 is 1.77. The minimum absolute atomic E-state index is 0.428.